The summed E-state index contributed by atoms with van der Waals surface area (Å²) in [6.07, 6.45) is 0. The molecule has 0 saturated carbocycles. The molecule has 0 atom stereocenters. The summed E-state index contributed by atoms with van der Waals surface area (Å²) in [7, 11) is 0. The van der Waals surface area contributed by atoms with Crippen molar-refractivity contribution in [1.29, 1.82) is 0 Å². The zero-order valence-electron chi connectivity index (χ0n) is 15.6. The molecule has 4 heteroatoms. The Bertz CT molecular complexity index is 1080. The van der Waals surface area contributed by atoms with E-state index in [-0.39, 0.29) is 17.9 Å². The van der Waals surface area contributed by atoms with Crippen LogP contribution in [0.4, 0.5) is 5.69 Å². The number of nitrogens with two attached hydrogens (primary N) is 1. The molecule has 3 nitrogen and oxygen atoms in total. The molecule has 1 aromatic heterocycles. The van der Waals surface area contributed by atoms with Gasteiger partial charge in [-0.15, -0.1) is 12.4 Å². The molecule has 0 aliphatic carbocycles. The molecular weight excluding hydrogens is 354 g/mol. The SMILES string of the molecule is CC(C)(N)CNc1cc(-c2ccc3ccccc3c2)nc2ccccc12.Cl. The first-order chi connectivity index (χ1) is 12.5. The molecule has 138 valence electrons. The lowest BCUT2D eigenvalue weighted by molar-refractivity contribution is 0.549. The minimum Gasteiger partial charge on any atom is -0.383 e. The van der Waals surface area contributed by atoms with Gasteiger partial charge >= 0.3 is 0 Å². The first kappa shape index (κ1) is 19.2. The molecule has 0 radical (unpaired) electrons. The summed E-state index contributed by atoms with van der Waals surface area (Å²) in [5.41, 5.74) is 10.0. The smallest absolute Gasteiger partial charge is 0.0730 e. The van der Waals surface area contributed by atoms with Crippen LogP contribution < -0.4 is 11.1 Å². The van der Waals surface area contributed by atoms with Crippen LogP contribution in [0.2, 0.25) is 0 Å². The lowest BCUT2D eigenvalue weighted by atomic mass is 10.0. The van der Waals surface area contributed by atoms with Gasteiger partial charge in [0.25, 0.3) is 0 Å². The van der Waals surface area contributed by atoms with Gasteiger partial charge in [0.1, 0.15) is 0 Å². The minimum atomic E-state index is -0.284. The monoisotopic (exact) mass is 377 g/mol. The molecule has 0 amide bonds. The van der Waals surface area contributed by atoms with Crippen molar-refractivity contribution in [2.75, 3.05) is 11.9 Å². The molecule has 4 aromatic rings. The lowest BCUT2D eigenvalue weighted by Crippen LogP contribution is -2.39. The number of pyridine rings is 1. The number of aromatic nitrogens is 1. The zero-order valence-corrected chi connectivity index (χ0v) is 16.4. The van der Waals surface area contributed by atoms with E-state index in [9.17, 15) is 0 Å². The number of para-hydroxylation sites is 1. The molecule has 3 aromatic carbocycles. The van der Waals surface area contributed by atoms with Gasteiger partial charge in [-0.1, -0.05) is 54.6 Å². The van der Waals surface area contributed by atoms with Crippen molar-refractivity contribution in [3.05, 3.63) is 72.8 Å². The van der Waals surface area contributed by atoms with Crippen LogP contribution in [0.15, 0.2) is 72.8 Å². The van der Waals surface area contributed by atoms with Crippen LogP contribution in [0.1, 0.15) is 13.8 Å². The molecule has 3 N–H and O–H groups in total. The number of nitrogens with zero attached hydrogens (tertiary/aromatic N) is 1. The second-order valence-corrected chi connectivity index (χ2v) is 7.48. The molecular formula is C23H24ClN3. The fourth-order valence-electron chi connectivity index (χ4n) is 3.14. The molecule has 0 spiro atoms. The van der Waals surface area contributed by atoms with Gasteiger partial charge in [0.05, 0.1) is 11.2 Å². The topological polar surface area (TPSA) is 50.9 Å². The van der Waals surface area contributed by atoms with Gasteiger partial charge in [0.2, 0.25) is 0 Å². The lowest BCUT2D eigenvalue weighted by Gasteiger charge is -2.21. The summed E-state index contributed by atoms with van der Waals surface area (Å²) in [6.45, 7) is 4.74. The predicted molar refractivity (Wildman–Crippen MR) is 119 cm³/mol. The summed E-state index contributed by atoms with van der Waals surface area (Å²) in [5, 5.41) is 7.08. The Morgan fingerprint density at radius 1 is 0.889 bits per heavy atom. The average Bonchev–Trinajstić information content (AvgIpc) is 2.65. The van der Waals surface area contributed by atoms with Crippen LogP contribution in [0.25, 0.3) is 32.9 Å². The van der Waals surface area contributed by atoms with Crippen LogP contribution in [0.5, 0.6) is 0 Å². The van der Waals surface area contributed by atoms with Crippen molar-refractivity contribution >= 4 is 39.8 Å². The fraction of sp³-hybridized carbons (Fsp3) is 0.174. The van der Waals surface area contributed by atoms with E-state index < -0.39 is 0 Å². The first-order valence-corrected chi connectivity index (χ1v) is 8.91. The maximum absolute atomic E-state index is 6.16. The molecule has 0 fully saturated rings. The Kier molecular flexibility index (Phi) is 5.36. The van der Waals surface area contributed by atoms with Crippen LogP contribution in [-0.4, -0.2) is 17.1 Å². The number of benzene rings is 3. The second-order valence-electron chi connectivity index (χ2n) is 7.48. The Labute approximate surface area is 166 Å². The van der Waals surface area contributed by atoms with E-state index >= 15 is 0 Å². The molecule has 0 bridgehead atoms. The standard InChI is InChI=1S/C23H23N3.ClH/c1-23(2,24)15-25-22-14-21(26-20-10-6-5-9-19(20)22)18-12-11-16-7-3-4-8-17(16)13-18;/h3-14H,15,24H2,1-2H3,(H,25,26);1H. The maximum Gasteiger partial charge on any atom is 0.0730 e. The van der Waals surface area contributed by atoms with Gasteiger partial charge in [-0.3, -0.25) is 0 Å². The van der Waals surface area contributed by atoms with Crippen LogP contribution in [0, 0.1) is 0 Å². The van der Waals surface area contributed by atoms with E-state index in [2.05, 4.69) is 66.0 Å². The van der Waals surface area contributed by atoms with Crippen LogP contribution in [-0.2, 0) is 0 Å². The third-order valence-electron chi connectivity index (χ3n) is 4.50. The summed E-state index contributed by atoms with van der Waals surface area (Å²) < 4.78 is 0. The van der Waals surface area contributed by atoms with Crippen LogP contribution >= 0.6 is 12.4 Å². The number of fused-ring (bicyclic) bond motifs is 2. The quantitative estimate of drug-likeness (QED) is 0.484. The van der Waals surface area contributed by atoms with Crippen molar-refractivity contribution < 1.29 is 0 Å². The van der Waals surface area contributed by atoms with Gasteiger partial charge in [0.15, 0.2) is 0 Å². The normalized spacial score (nSPS) is 11.4. The van der Waals surface area contributed by atoms with E-state index in [1.165, 1.54) is 10.8 Å². The molecule has 4 rings (SSSR count). The molecule has 0 aliphatic rings. The highest BCUT2D eigenvalue weighted by Crippen LogP contribution is 2.30. The van der Waals surface area contributed by atoms with E-state index in [0.717, 1.165) is 27.8 Å². The number of hydrogen-bond acceptors (Lipinski definition) is 3. The molecule has 27 heavy (non-hydrogen) atoms. The van der Waals surface area contributed by atoms with Gasteiger partial charge in [-0.25, -0.2) is 4.98 Å². The van der Waals surface area contributed by atoms with E-state index in [1.807, 2.05) is 26.0 Å². The third-order valence-corrected chi connectivity index (χ3v) is 4.50. The van der Waals surface area contributed by atoms with Gasteiger partial charge in [0, 0.05) is 28.7 Å². The van der Waals surface area contributed by atoms with Crippen LogP contribution in [0.3, 0.4) is 0 Å². The minimum absolute atomic E-state index is 0. The fourth-order valence-corrected chi connectivity index (χ4v) is 3.14. The van der Waals surface area contributed by atoms with E-state index in [1.54, 1.807) is 0 Å². The van der Waals surface area contributed by atoms with Gasteiger partial charge in [-0.05, 0) is 42.8 Å². The highest BCUT2D eigenvalue weighted by atomic mass is 35.5. The molecule has 0 saturated heterocycles. The Morgan fingerprint density at radius 2 is 1.59 bits per heavy atom. The molecule has 0 unspecified atom stereocenters. The first-order valence-electron chi connectivity index (χ1n) is 8.91. The largest absolute Gasteiger partial charge is 0.383 e. The van der Waals surface area contributed by atoms with Gasteiger partial charge in [-0.2, -0.15) is 0 Å². The summed E-state index contributed by atoms with van der Waals surface area (Å²) in [5.74, 6) is 0. The van der Waals surface area contributed by atoms with E-state index in [0.29, 0.717) is 6.54 Å². The van der Waals surface area contributed by atoms with Crippen molar-refractivity contribution in [3.8, 4) is 11.3 Å². The van der Waals surface area contributed by atoms with Crippen molar-refractivity contribution in [3.63, 3.8) is 0 Å². The third kappa shape index (κ3) is 4.21. The number of halogens is 1. The predicted octanol–water partition coefficient (Wildman–Crippen LogP) is 5.63. The van der Waals surface area contributed by atoms with Crippen molar-refractivity contribution in [1.82, 2.24) is 4.98 Å². The second kappa shape index (κ2) is 7.55. The van der Waals surface area contributed by atoms with Gasteiger partial charge < -0.3 is 11.1 Å². The molecule has 1 heterocycles. The van der Waals surface area contributed by atoms with Crippen molar-refractivity contribution in [2.24, 2.45) is 5.73 Å². The summed E-state index contributed by atoms with van der Waals surface area (Å²) >= 11 is 0. The Morgan fingerprint density at radius 3 is 2.37 bits per heavy atom. The molecule has 0 aliphatic heterocycles. The number of hydrogen-bond donors (Lipinski definition) is 2. The number of nitrogens with one attached hydrogen (secondary N) is 1. The average molecular weight is 378 g/mol. The highest BCUT2D eigenvalue weighted by molar-refractivity contribution is 5.95. The summed E-state index contributed by atoms with van der Waals surface area (Å²) in [4.78, 5) is 4.89. The van der Waals surface area contributed by atoms with E-state index in [4.69, 9.17) is 10.7 Å². The maximum atomic E-state index is 6.16. The Balaban J connectivity index is 0.00000210. The number of rotatable bonds is 4. The summed E-state index contributed by atoms with van der Waals surface area (Å²) in [6, 6.07) is 25.2. The zero-order chi connectivity index (χ0) is 18.1. The Hall–Kier alpha value is -2.62. The highest BCUT2D eigenvalue weighted by Gasteiger charge is 2.13. The number of anilines is 1. The van der Waals surface area contributed by atoms with Crippen molar-refractivity contribution in [2.45, 2.75) is 19.4 Å².